The van der Waals surface area contributed by atoms with Crippen molar-refractivity contribution < 1.29 is 14.3 Å². The summed E-state index contributed by atoms with van der Waals surface area (Å²) in [5.41, 5.74) is 4.07. The van der Waals surface area contributed by atoms with Crippen LogP contribution >= 0.6 is 0 Å². The second-order valence-corrected chi connectivity index (χ2v) is 7.18. The van der Waals surface area contributed by atoms with Gasteiger partial charge in [0.2, 0.25) is 11.6 Å². The van der Waals surface area contributed by atoms with E-state index in [0.29, 0.717) is 11.4 Å². The SMILES string of the molecule is Cc1ccc(-c2nnn(CC(=O)O[C@H](C)C(=O)c3c(C)[nH]c4ccccc34)n2)cc1. The highest BCUT2D eigenvalue weighted by atomic mass is 16.5. The first-order chi connectivity index (χ1) is 14.4. The van der Waals surface area contributed by atoms with E-state index in [1.165, 1.54) is 0 Å². The molecule has 0 aliphatic heterocycles. The van der Waals surface area contributed by atoms with Gasteiger partial charge in [0, 0.05) is 27.7 Å². The summed E-state index contributed by atoms with van der Waals surface area (Å²) in [6, 6.07) is 15.2. The Morgan fingerprint density at radius 2 is 1.83 bits per heavy atom. The van der Waals surface area contributed by atoms with Crippen molar-refractivity contribution in [2.45, 2.75) is 33.4 Å². The van der Waals surface area contributed by atoms with Gasteiger partial charge in [0.15, 0.2) is 12.6 Å². The summed E-state index contributed by atoms with van der Waals surface area (Å²) in [6.45, 7) is 5.15. The quantitative estimate of drug-likeness (QED) is 0.392. The molecule has 0 fully saturated rings. The average molecular weight is 403 g/mol. The molecule has 2 aromatic carbocycles. The lowest BCUT2D eigenvalue weighted by Gasteiger charge is -2.12. The van der Waals surface area contributed by atoms with Crippen LogP contribution < -0.4 is 0 Å². The van der Waals surface area contributed by atoms with Crippen molar-refractivity contribution in [3.05, 3.63) is 65.4 Å². The second-order valence-electron chi connectivity index (χ2n) is 7.18. The normalized spacial score (nSPS) is 12.1. The number of benzene rings is 2. The van der Waals surface area contributed by atoms with E-state index in [4.69, 9.17) is 4.74 Å². The Kier molecular flexibility index (Phi) is 5.14. The first-order valence-electron chi connectivity index (χ1n) is 9.58. The third-order valence-electron chi connectivity index (χ3n) is 4.85. The van der Waals surface area contributed by atoms with Crippen molar-refractivity contribution in [1.29, 1.82) is 0 Å². The zero-order valence-electron chi connectivity index (χ0n) is 16.9. The van der Waals surface area contributed by atoms with Gasteiger partial charge < -0.3 is 9.72 Å². The highest BCUT2D eigenvalue weighted by molar-refractivity contribution is 6.11. The number of rotatable bonds is 6. The number of tetrazole rings is 1. The van der Waals surface area contributed by atoms with Gasteiger partial charge in [-0.25, -0.2) is 4.79 Å². The fourth-order valence-electron chi connectivity index (χ4n) is 3.33. The number of nitrogens with one attached hydrogen (secondary N) is 1. The molecule has 30 heavy (non-hydrogen) atoms. The second kappa shape index (κ2) is 7.90. The molecule has 4 aromatic rings. The van der Waals surface area contributed by atoms with Crippen LogP contribution in [0.15, 0.2) is 48.5 Å². The van der Waals surface area contributed by atoms with E-state index >= 15 is 0 Å². The molecule has 0 bridgehead atoms. The van der Waals surface area contributed by atoms with Gasteiger partial charge in [-0.1, -0.05) is 48.0 Å². The zero-order valence-corrected chi connectivity index (χ0v) is 16.9. The maximum Gasteiger partial charge on any atom is 0.330 e. The predicted molar refractivity (Wildman–Crippen MR) is 111 cm³/mol. The fourth-order valence-corrected chi connectivity index (χ4v) is 3.33. The highest BCUT2D eigenvalue weighted by Crippen LogP contribution is 2.24. The summed E-state index contributed by atoms with van der Waals surface area (Å²) in [5, 5.41) is 12.9. The number of carbonyl (C=O) groups excluding carboxylic acids is 2. The van der Waals surface area contributed by atoms with Crippen LogP contribution in [-0.4, -0.2) is 43.0 Å². The number of ether oxygens (including phenoxy) is 1. The van der Waals surface area contributed by atoms with Gasteiger partial charge >= 0.3 is 5.97 Å². The molecule has 4 rings (SSSR count). The topological polar surface area (TPSA) is 103 Å². The average Bonchev–Trinajstić information content (AvgIpc) is 3.31. The molecule has 152 valence electrons. The molecule has 0 radical (unpaired) electrons. The van der Waals surface area contributed by atoms with Gasteiger partial charge in [-0.05, 0) is 32.1 Å². The number of aryl methyl sites for hydroxylation is 2. The molecule has 8 heteroatoms. The van der Waals surface area contributed by atoms with Crippen LogP contribution in [0.5, 0.6) is 0 Å². The van der Waals surface area contributed by atoms with E-state index in [-0.39, 0.29) is 12.3 Å². The Labute approximate surface area is 172 Å². The predicted octanol–water partition coefficient (Wildman–Crippen LogP) is 3.25. The Bertz CT molecular complexity index is 1220. The summed E-state index contributed by atoms with van der Waals surface area (Å²) >= 11 is 0. The maximum absolute atomic E-state index is 12.9. The largest absolute Gasteiger partial charge is 0.453 e. The van der Waals surface area contributed by atoms with Crippen molar-refractivity contribution in [1.82, 2.24) is 25.2 Å². The summed E-state index contributed by atoms with van der Waals surface area (Å²) < 4.78 is 5.34. The molecule has 0 unspecified atom stereocenters. The fraction of sp³-hybridized carbons (Fsp3) is 0.227. The van der Waals surface area contributed by atoms with Crippen molar-refractivity contribution in [3.63, 3.8) is 0 Å². The summed E-state index contributed by atoms with van der Waals surface area (Å²) in [5.74, 6) is -0.451. The molecule has 1 N–H and O–H groups in total. The molecular weight excluding hydrogens is 382 g/mol. The summed E-state index contributed by atoms with van der Waals surface area (Å²) in [4.78, 5) is 29.6. The minimum Gasteiger partial charge on any atom is -0.453 e. The minimum atomic E-state index is -0.935. The van der Waals surface area contributed by atoms with E-state index in [1.807, 2.05) is 62.4 Å². The molecule has 0 aliphatic rings. The van der Waals surface area contributed by atoms with Crippen LogP contribution in [0.2, 0.25) is 0 Å². The van der Waals surface area contributed by atoms with Gasteiger partial charge in [0.25, 0.3) is 0 Å². The van der Waals surface area contributed by atoms with Crippen LogP contribution in [0.4, 0.5) is 0 Å². The third-order valence-corrected chi connectivity index (χ3v) is 4.85. The number of fused-ring (bicyclic) bond motifs is 1. The number of nitrogens with zero attached hydrogens (tertiary/aromatic N) is 4. The van der Waals surface area contributed by atoms with Crippen molar-refractivity contribution in [3.8, 4) is 11.4 Å². The Balaban J connectivity index is 1.43. The number of ketones is 1. The maximum atomic E-state index is 12.9. The molecule has 0 aliphatic carbocycles. The number of H-pyrrole nitrogens is 1. The number of aromatic amines is 1. The number of carbonyl (C=O) groups is 2. The first-order valence-corrected chi connectivity index (χ1v) is 9.58. The van der Waals surface area contributed by atoms with Crippen molar-refractivity contribution in [2.75, 3.05) is 0 Å². The van der Waals surface area contributed by atoms with Crippen molar-refractivity contribution in [2.24, 2.45) is 0 Å². The van der Waals surface area contributed by atoms with Crippen LogP contribution in [0.1, 0.15) is 28.5 Å². The molecule has 2 aromatic heterocycles. The van der Waals surface area contributed by atoms with Gasteiger partial charge in [-0.3, -0.25) is 4.79 Å². The third kappa shape index (κ3) is 3.84. The molecule has 2 heterocycles. The number of esters is 1. The van der Waals surface area contributed by atoms with Crippen LogP contribution in [0, 0.1) is 13.8 Å². The molecule has 1 atom stereocenters. The minimum absolute atomic E-state index is 0.233. The summed E-state index contributed by atoms with van der Waals surface area (Å²) in [6.07, 6.45) is -0.935. The Hall–Kier alpha value is -3.81. The lowest BCUT2D eigenvalue weighted by atomic mass is 10.0. The number of aromatic nitrogens is 5. The van der Waals surface area contributed by atoms with Gasteiger partial charge in [-0.2, -0.15) is 4.80 Å². The number of hydrogen-bond donors (Lipinski definition) is 1. The van der Waals surface area contributed by atoms with Gasteiger partial charge in [0.1, 0.15) is 0 Å². The Morgan fingerprint density at radius 1 is 1.10 bits per heavy atom. The van der Waals surface area contributed by atoms with E-state index in [0.717, 1.165) is 32.5 Å². The van der Waals surface area contributed by atoms with Crippen LogP contribution in [0.3, 0.4) is 0 Å². The summed E-state index contributed by atoms with van der Waals surface area (Å²) in [7, 11) is 0. The molecule has 0 saturated heterocycles. The lowest BCUT2D eigenvalue weighted by molar-refractivity contribution is -0.147. The molecule has 0 amide bonds. The van der Waals surface area contributed by atoms with Gasteiger partial charge in [0.05, 0.1) is 0 Å². The number of para-hydroxylation sites is 1. The van der Waals surface area contributed by atoms with E-state index in [1.54, 1.807) is 6.92 Å². The number of hydrogen-bond acceptors (Lipinski definition) is 6. The first kappa shape index (κ1) is 19.5. The number of Topliss-reactive ketones (excluding diaryl/α,β-unsaturated/α-hetero) is 1. The molecule has 0 saturated carbocycles. The molecule has 0 spiro atoms. The lowest BCUT2D eigenvalue weighted by Crippen LogP contribution is -2.27. The van der Waals surface area contributed by atoms with Crippen LogP contribution in [0.25, 0.3) is 22.3 Å². The standard InChI is InChI=1S/C22H21N5O3/c1-13-8-10-16(11-9-13)22-24-26-27(25-22)12-19(28)30-15(3)21(29)20-14(2)23-18-7-5-4-6-17(18)20/h4-11,15,23H,12H2,1-3H3/t15-/m1/s1. The van der Waals surface area contributed by atoms with E-state index in [9.17, 15) is 9.59 Å². The highest BCUT2D eigenvalue weighted by Gasteiger charge is 2.24. The monoisotopic (exact) mass is 403 g/mol. The van der Waals surface area contributed by atoms with E-state index < -0.39 is 12.1 Å². The van der Waals surface area contributed by atoms with Gasteiger partial charge in [-0.15, -0.1) is 10.2 Å². The molecular formula is C22H21N5O3. The smallest absolute Gasteiger partial charge is 0.330 e. The zero-order chi connectivity index (χ0) is 21.3. The Morgan fingerprint density at radius 3 is 2.60 bits per heavy atom. The van der Waals surface area contributed by atoms with Crippen molar-refractivity contribution >= 4 is 22.7 Å². The van der Waals surface area contributed by atoms with Crippen LogP contribution in [-0.2, 0) is 16.1 Å². The van der Waals surface area contributed by atoms with E-state index in [2.05, 4.69) is 20.4 Å². The molecule has 8 nitrogen and oxygen atoms in total.